The molecule has 0 spiro atoms. The molecule has 0 aliphatic carbocycles. The molecule has 1 atom stereocenters. The number of rotatable bonds is 4. The molecule has 1 aliphatic rings. The summed E-state index contributed by atoms with van der Waals surface area (Å²) >= 11 is 3.51. The third-order valence-corrected chi connectivity index (χ3v) is 4.16. The molecule has 90 valence electrons. The number of hydrogen-bond acceptors (Lipinski definition) is 4. The van der Waals surface area contributed by atoms with Gasteiger partial charge in [0.2, 0.25) is 5.91 Å². The van der Waals surface area contributed by atoms with Gasteiger partial charge in [0.1, 0.15) is 0 Å². The second-order valence-corrected chi connectivity index (χ2v) is 5.45. The molecular formula is C10H15ClN2OS2. The topological polar surface area (TPSA) is 41.1 Å². The zero-order valence-corrected chi connectivity index (χ0v) is 11.2. The fourth-order valence-corrected chi connectivity index (χ4v) is 3.10. The first-order valence-electron chi connectivity index (χ1n) is 4.97. The molecule has 1 amide bonds. The summed E-state index contributed by atoms with van der Waals surface area (Å²) in [5, 5.41) is 8.17. The Kier molecular flexibility index (Phi) is 6.20. The number of carbonyl (C=O) groups is 1. The van der Waals surface area contributed by atoms with Gasteiger partial charge in [0.25, 0.3) is 0 Å². The summed E-state index contributed by atoms with van der Waals surface area (Å²) in [6.07, 6.45) is 0.934. The van der Waals surface area contributed by atoms with Gasteiger partial charge in [-0.1, -0.05) is 6.07 Å². The fourth-order valence-electron chi connectivity index (χ4n) is 1.45. The van der Waals surface area contributed by atoms with E-state index in [4.69, 9.17) is 0 Å². The lowest BCUT2D eigenvalue weighted by Gasteiger charge is -2.09. The van der Waals surface area contributed by atoms with Crippen LogP contribution in [0, 0.1) is 0 Å². The van der Waals surface area contributed by atoms with Gasteiger partial charge in [-0.15, -0.1) is 35.5 Å². The van der Waals surface area contributed by atoms with E-state index < -0.39 is 0 Å². The molecule has 2 heterocycles. The number of carbonyl (C=O) groups excluding carboxylic acids is 1. The first-order chi connectivity index (χ1) is 7.36. The van der Waals surface area contributed by atoms with Gasteiger partial charge in [-0.25, -0.2) is 0 Å². The Morgan fingerprint density at radius 1 is 1.62 bits per heavy atom. The maximum atomic E-state index is 11.6. The highest BCUT2D eigenvalue weighted by molar-refractivity contribution is 7.99. The van der Waals surface area contributed by atoms with E-state index in [2.05, 4.69) is 22.1 Å². The van der Waals surface area contributed by atoms with Gasteiger partial charge >= 0.3 is 0 Å². The van der Waals surface area contributed by atoms with Crippen molar-refractivity contribution in [3.05, 3.63) is 22.4 Å². The van der Waals surface area contributed by atoms with Crippen LogP contribution < -0.4 is 10.6 Å². The molecule has 1 aliphatic heterocycles. The van der Waals surface area contributed by atoms with Crippen molar-refractivity contribution >= 4 is 41.4 Å². The first kappa shape index (κ1) is 13.8. The van der Waals surface area contributed by atoms with E-state index in [1.54, 1.807) is 23.1 Å². The van der Waals surface area contributed by atoms with Crippen molar-refractivity contribution in [1.82, 2.24) is 10.6 Å². The zero-order chi connectivity index (χ0) is 10.5. The Morgan fingerprint density at radius 2 is 2.50 bits per heavy atom. The fraction of sp³-hybridized carbons (Fsp3) is 0.500. The van der Waals surface area contributed by atoms with E-state index >= 15 is 0 Å². The smallest absolute Gasteiger partial charge is 0.238 e. The third-order valence-electron chi connectivity index (χ3n) is 2.28. The highest BCUT2D eigenvalue weighted by Gasteiger charge is 2.21. The lowest BCUT2D eigenvalue weighted by Crippen LogP contribution is -2.42. The third kappa shape index (κ3) is 3.97. The Balaban J connectivity index is 0.00000128. The van der Waals surface area contributed by atoms with Crippen molar-refractivity contribution < 1.29 is 4.79 Å². The maximum absolute atomic E-state index is 11.6. The average Bonchev–Trinajstić information content (AvgIpc) is 2.90. The average molecular weight is 279 g/mol. The predicted octanol–water partition coefficient (Wildman–Crippen LogP) is 1.49. The van der Waals surface area contributed by atoms with Crippen LogP contribution in [-0.4, -0.2) is 30.1 Å². The van der Waals surface area contributed by atoms with Gasteiger partial charge in [0.15, 0.2) is 0 Å². The molecule has 0 radical (unpaired) electrons. The summed E-state index contributed by atoms with van der Waals surface area (Å²) in [5.41, 5.74) is 0. The molecule has 1 saturated heterocycles. The monoisotopic (exact) mass is 278 g/mol. The number of amides is 1. The molecule has 0 bridgehead atoms. The second kappa shape index (κ2) is 7.17. The number of hydrogen-bond donors (Lipinski definition) is 2. The molecule has 2 rings (SSSR count). The number of nitrogens with one attached hydrogen (secondary N) is 2. The largest absolute Gasteiger partial charge is 0.354 e. The minimum atomic E-state index is 0. The van der Waals surface area contributed by atoms with Crippen LogP contribution in [0.2, 0.25) is 0 Å². The van der Waals surface area contributed by atoms with Crippen molar-refractivity contribution in [2.75, 3.05) is 18.2 Å². The van der Waals surface area contributed by atoms with Crippen molar-refractivity contribution in [1.29, 1.82) is 0 Å². The summed E-state index contributed by atoms with van der Waals surface area (Å²) < 4.78 is 0. The van der Waals surface area contributed by atoms with Crippen LogP contribution in [0.1, 0.15) is 4.88 Å². The summed E-state index contributed by atoms with van der Waals surface area (Å²) in [4.78, 5) is 12.9. The molecule has 2 N–H and O–H groups in total. The first-order valence-corrected chi connectivity index (χ1v) is 7.01. The van der Waals surface area contributed by atoms with Crippen LogP contribution in [0.4, 0.5) is 0 Å². The van der Waals surface area contributed by atoms with Gasteiger partial charge in [-0.05, 0) is 17.9 Å². The van der Waals surface area contributed by atoms with E-state index in [0.717, 1.165) is 24.6 Å². The van der Waals surface area contributed by atoms with Gasteiger partial charge in [-0.3, -0.25) is 10.1 Å². The lowest BCUT2D eigenvalue weighted by molar-refractivity contribution is -0.122. The van der Waals surface area contributed by atoms with Crippen LogP contribution >= 0.6 is 35.5 Å². The Morgan fingerprint density at radius 3 is 3.12 bits per heavy atom. The van der Waals surface area contributed by atoms with E-state index in [1.165, 1.54) is 4.88 Å². The van der Waals surface area contributed by atoms with Crippen molar-refractivity contribution in [2.45, 2.75) is 12.5 Å². The molecule has 3 nitrogen and oxygen atoms in total. The zero-order valence-electron chi connectivity index (χ0n) is 8.77. The Bertz CT molecular complexity index is 313. The molecule has 0 saturated carbocycles. The summed E-state index contributed by atoms with van der Waals surface area (Å²) in [5.74, 6) is 1.92. The van der Waals surface area contributed by atoms with Crippen LogP contribution in [-0.2, 0) is 11.2 Å². The normalized spacial score (nSPS) is 19.1. The van der Waals surface area contributed by atoms with E-state index in [9.17, 15) is 4.79 Å². The van der Waals surface area contributed by atoms with Crippen LogP contribution in [0.3, 0.4) is 0 Å². The molecular weight excluding hydrogens is 264 g/mol. The molecule has 1 aromatic heterocycles. The molecule has 1 fully saturated rings. The number of halogens is 1. The lowest BCUT2D eigenvalue weighted by atomic mass is 10.3. The molecule has 0 unspecified atom stereocenters. The Hall–Kier alpha value is -0.230. The van der Waals surface area contributed by atoms with Gasteiger partial charge in [-0.2, -0.15) is 0 Å². The van der Waals surface area contributed by atoms with Crippen molar-refractivity contribution in [3.63, 3.8) is 0 Å². The number of thioether (sulfide) groups is 1. The Labute approximate surface area is 110 Å². The van der Waals surface area contributed by atoms with Crippen LogP contribution in [0.25, 0.3) is 0 Å². The summed E-state index contributed by atoms with van der Waals surface area (Å²) in [6, 6.07) is 4.15. The SMILES string of the molecule is Cl.O=C(NCCc1cccs1)[C@H]1CSCN1. The highest BCUT2D eigenvalue weighted by Crippen LogP contribution is 2.10. The predicted molar refractivity (Wildman–Crippen MR) is 72.5 cm³/mol. The highest BCUT2D eigenvalue weighted by atomic mass is 35.5. The van der Waals surface area contributed by atoms with Crippen LogP contribution in [0.5, 0.6) is 0 Å². The molecule has 0 aromatic carbocycles. The second-order valence-electron chi connectivity index (χ2n) is 3.39. The minimum absolute atomic E-state index is 0. The van der Waals surface area contributed by atoms with Crippen molar-refractivity contribution in [3.8, 4) is 0 Å². The molecule has 1 aromatic rings. The van der Waals surface area contributed by atoms with Crippen LogP contribution in [0.15, 0.2) is 17.5 Å². The van der Waals surface area contributed by atoms with E-state index in [-0.39, 0.29) is 24.4 Å². The summed E-state index contributed by atoms with van der Waals surface area (Å²) in [6.45, 7) is 0.738. The van der Waals surface area contributed by atoms with Gasteiger partial charge in [0, 0.05) is 23.1 Å². The molecule has 6 heteroatoms. The minimum Gasteiger partial charge on any atom is -0.354 e. The quantitative estimate of drug-likeness (QED) is 0.877. The van der Waals surface area contributed by atoms with Gasteiger partial charge in [0.05, 0.1) is 6.04 Å². The summed E-state index contributed by atoms with van der Waals surface area (Å²) in [7, 11) is 0. The van der Waals surface area contributed by atoms with E-state index in [0.29, 0.717) is 0 Å². The number of thiophene rings is 1. The van der Waals surface area contributed by atoms with Gasteiger partial charge < -0.3 is 5.32 Å². The van der Waals surface area contributed by atoms with Crippen molar-refractivity contribution in [2.24, 2.45) is 0 Å². The molecule has 16 heavy (non-hydrogen) atoms. The van der Waals surface area contributed by atoms with E-state index in [1.807, 2.05) is 6.07 Å². The standard InChI is InChI=1S/C10H14N2OS2.ClH/c13-10(9-6-14-7-12-9)11-4-3-8-2-1-5-15-8;/h1-2,5,9,12H,3-4,6-7H2,(H,11,13);1H/t9-;/m1./s1. The maximum Gasteiger partial charge on any atom is 0.238 e.